The molecular formula is C21H23N3O3. The Labute approximate surface area is 157 Å². The first kappa shape index (κ1) is 18.6. The smallest absolute Gasteiger partial charge is 0.258 e. The molecule has 0 bridgehead atoms. The average molecular weight is 365 g/mol. The molecule has 0 radical (unpaired) electrons. The number of ether oxygens (including phenoxy) is 1. The Balaban J connectivity index is 1.71. The molecule has 140 valence electrons. The van der Waals surface area contributed by atoms with Crippen molar-refractivity contribution < 1.29 is 9.53 Å². The van der Waals surface area contributed by atoms with Gasteiger partial charge in [0.15, 0.2) is 0 Å². The molecule has 27 heavy (non-hydrogen) atoms. The van der Waals surface area contributed by atoms with Gasteiger partial charge in [-0.3, -0.25) is 9.59 Å². The Kier molecular flexibility index (Phi) is 5.86. The maximum atomic E-state index is 12.7. The molecule has 0 aliphatic heterocycles. The van der Waals surface area contributed by atoms with E-state index in [1.807, 2.05) is 37.3 Å². The van der Waals surface area contributed by atoms with Crippen LogP contribution in [0.15, 0.2) is 53.3 Å². The molecule has 3 aromatic rings. The van der Waals surface area contributed by atoms with Crippen LogP contribution in [0.2, 0.25) is 0 Å². The van der Waals surface area contributed by atoms with E-state index in [4.69, 9.17) is 4.74 Å². The number of rotatable bonds is 7. The zero-order valence-electron chi connectivity index (χ0n) is 15.6. The van der Waals surface area contributed by atoms with Gasteiger partial charge in [0.2, 0.25) is 5.91 Å². The summed E-state index contributed by atoms with van der Waals surface area (Å²) in [7, 11) is 1.63. The number of aromatic nitrogens is 2. The third-order valence-corrected chi connectivity index (χ3v) is 4.54. The normalized spacial score (nSPS) is 10.7. The van der Waals surface area contributed by atoms with E-state index >= 15 is 0 Å². The monoisotopic (exact) mass is 365 g/mol. The molecule has 0 saturated heterocycles. The van der Waals surface area contributed by atoms with Gasteiger partial charge in [-0.25, -0.2) is 4.98 Å². The predicted octanol–water partition coefficient (Wildman–Crippen LogP) is 2.91. The summed E-state index contributed by atoms with van der Waals surface area (Å²) in [6.45, 7) is 2.74. The lowest BCUT2D eigenvalue weighted by molar-refractivity contribution is -0.131. The minimum absolute atomic E-state index is 0.0132. The van der Waals surface area contributed by atoms with Crippen molar-refractivity contribution in [2.24, 2.45) is 0 Å². The number of H-pyrrole nitrogens is 1. The standard InChI is InChI=1S/C21H23N3O3/c1-3-24(20(25)13-12-15-8-4-7-11-18(15)27-2)14-19-22-17-10-6-5-9-16(17)21(26)23-19/h4-11H,3,12-14H2,1-2H3,(H,22,23,26). The van der Waals surface area contributed by atoms with Crippen LogP contribution in [0, 0.1) is 0 Å². The number of hydrogen-bond donors (Lipinski definition) is 1. The summed E-state index contributed by atoms with van der Waals surface area (Å²) in [5.74, 6) is 1.29. The van der Waals surface area contributed by atoms with Crippen LogP contribution in [0.3, 0.4) is 0 Å². The highest BCUT2D eigenvalue weighted by molar-refractivity contribution is 5.78. The highest BCUT2D eigenvalue weighted by Gasteiger charge is 2.15. The van der Waals surface area contributed by atoms with Crippen molar-refractivity contribution in [1.82, 2.24) is 14.9 Å². The molecule has 1 aromatic heterocycles. The molecule has 1 N–H and O–H groups in total. The first-order chi connectivity index (χ1) is 13.1. The van der Waals surface area contributed by atoms with Crippen LogP contribution in [0.1, 0.15) is 24.7 Å². The zero-order valence-corrected chi connectivity index (χ0v) is 15.6. The Morgan fingerprint density at radius 2 is 1.89 bits per heavy atom. The third kappa shape index (κ3) is 4.34. The number of amides is 1. The van der Waals surface area contributed by atoms with E-state index in [-0.39, 0.29) is 18.0 Å². The minimum Gasteiger partial charge on any atom is -0.496 e. The number of para-hydroxylation sites is 2. The number of hydrogen-bond acceptors (Lipinski definition) is 4. The van der Waals surface area contributed by atoms with E-state index in [2.05, 4.69) is 9.97 Å². The van der Waals surface area contributed by atoms with E-state index in [1.165, 1.54) is 0 Å². The number of aryl methyl sites for hydroxylation is 1. The Morgan fingerprint density at radius 3 is 2.67 bits per heavy atom. The highest BCUT2D eigenvalue weighted by atomic mass is 16.5. The van der Waals surface area contributed by atoms with Gasteiger partial charge in [-0.15, -0.1) is 0 Å². The van der Waals surface area contributed by atoms with E-state index in [1.54, 1.807) is 30.2 Å². The first-order valence-electron chi connectivity index (χ1n) is 9.00. The first-order valence-corrected chi connectivity index (χ1v) is 9.00. The molecule has 3 rings (SSSR count). The van der Waals surface area contributed by atoms with Crippen molar-refractivity contribution in [3.05, 3.63) is 70.3 Å². The molecule has 2 aromatic carbocycles. The van der Waals surface area contributed by atoms with E-state index in [9.17, 15) is 9.59 Å². The molecular weight excluding hydrogens is 342 g/mol. The second-order valence-corrected chi connectivity index (χ2v) is 6.25. The fourth-order valence-electron chi connectivity index (χ4n) is 3.08. The molecule has 1 heterocycles. The number of nitrogens with zero attached hydrogens (tertiary/aromatic N) is 2. The van der Waals surface area contributed by atoms with Crippen LogP contribution in [-0.2, 0) is 17.8 Å². The fourth-order valence-corrected chi connectivity index (χ4v) is 3.08. The van der Waals surface area contributed by atoms with Crippen LogP contribution in [-0.4, -0.2) is 34.4 Å². The number of aromatic amines is 1. The van der Waals surface area contributed by atoms with E-state index in [0.29, 0.717) is 36.1 Å². The molecule has 0 spiro atoms. The number of nitrogens with one attached hydrogen (secondary N) is 1. The molecule has 1 amide bonds. The van der Waals surface area contributed by atoms with Gasteiger partial charge in [0.25, 0.3) is 5.56 Å². The highest BCUT2D eigenvalue weighted by Crippen LogP contribution is 2.19. The molecule has 0 aliphatic rings. The lowest BCUT2D eigenvalue weighted by atomic mass is 10.1. The molecule has 0 saturated carbocycles. The number of benzene rings is 2. The van der Waals surface area contributed by atoms with E-state index < -0.39 is 0 Å². The summed E-state index contributed by atoms with van der Waals surface area (Å²) >= 11 is 0. The largest absolute Gasteiger partial charge is 0.496 e. The van der Waals surface area contributed by atoms with Crippen LogP contribution < -0.4 is 10.3 Å². The minimum atomic E-state index is -0.187. The number of carbonyl (C=O) groups is 1. The van der Waals surface area contributed by atoms with Crippen molar-refractivity contribution in [3.63, 3.8) is 0 Å². The molecule has 6 heteroatoms. The van der Waals surface area contributed by atoms with Gasteiger partial charge in [-0.1, -0.05) is 30.3 Å². The quantitative estimate of drug-likeness (QED) is 0.698. The lowest BCUT2D eigenvalue weighted by Crippen LogP contribution is -2.32. The molecule has 0 fully saturated rings. The second-order valence-electron chi connectivity index (χ2n) is 6.25. The van der Waals surface area contributed by atoms with Crippen LogP contribution in [0.25, 0.3) is 10.9 Å². The molecule has 0 unspecified atom stereocenters. The summed E-state index contributed by atoms with van der Waals surface area (Å²) in [6.07, 6.45) is 0.965. The van der Waals surface area contributed by atoms with Gasteiger partial charge in [-0.2, -0.15) is 0 Å². The maximum absolute atomic E-state index is 12.7. The van der Waals surface area contributed by atoms with Crippen molar-refractivity contribution in [2.45, 2.75) is 26.3 Å². The Bertz CT molecular complexity index is 997. The SMILES string of the molecule is CCN(Cc1nc2ccccc2c(=O)[nH]1)C(=O)CCc1ccccc1OC. The van der Waals surface area contributed by atoms with Crippen molar-refractivity contribution in [1.29, 1.82) is 0 Å². The van der Waals surface area contributed by atoms with Crippen molar-refractivity contribution >= 4 is 16.8 Å². The van der Waals surface area contributed by atoms with Gasteiger partial charge >= 0.3 is 0 Å². The van der Waals surface area contributed by atoms with Crippen LogP contribution >= 0.6 is 0 Å². The molecule has 6 nitrogen and oxygen atoms in total. The van der Waals surface area contributed by atoms with Crippen LogP contribution in [0.4, 0.5) is 0 Å². The average Bonchev–Trinajstić information content (AvgIpc) is 2.70. The van der Waals surface area contributed by atoms with Gasteiger partial charge < -0.3 is 14.6 Å². The Morgan fingerprint density at radius 1 is 1.15 bits per heavy atom. The fraction of sp³-hybridized carbons (Fsp3) is 0.286. The van der Waals surface area contributed by atoms with Crippen LogP contribution in [0.5, 0.6) is 5.75 Å². The lowest BCUT2D eigenvalue weighted by Gasteiger charge is -2.20. The summed E-state index contributed by atoms with van der Waals surface area (Å²) in [5, 5.41) is 0.548. The third-order valence-electron chi connectivity index (χ3n) is 4.54. The van der Waals surface area contributed by atoms with Crippen molar-refractivity contribution in [2.75, 3.05) is 13.7 Å². The van der Waals surface area contributed by atoms with E-state index in [0.717, 1.165) is 11.3 Å². The zero-order chi connectivity index (χ0) is 19.2. The van der Waals surface area contributed by atoms with Gasteiger partial charge in [0.1, 0.15) is 11.6 Å². The Hall–Kier alpha value is -3.15. The van der Waals surface area contributed by atoms with Gasteiger partial charge in [0, 0.05) is 13.0 Å². The van der Waals surface area contributed by atoms with Gasteiger partial charge in [-0.05, 0) is 37.1 Å². The van der Waals surface area contributed by atoms with Gasteiger partial charge in [0.05, 0.1) is 24.6 Å². The summed E-state index contributed by atoms with van der Waals surface area (Å²) < 4.78 is 5.34. The summed E-state index contributed by atoms with van der Waals surface area (Å²) in [5.41, 5.74) is 1.45. The number of methoxy groups -OCH3 is 1. The summed E-state index contributed by atoms with van der Waals surface area (Å²) in [4.78, 5) is 33.8. The molecule has 0 aliphatic carbocycles. The number of carbonyl (C=O) groups excluding carboxylic acids is 1. The topological polar surface area (TPSA) is 75.3 Å². The van der Waals surface area contributed by atoms with Crippen molar-refractivity contribution in [3.8, 4) is 5.75 Å². The maximum Gasteiger partial charge on any atom is 0.258 e. The number of fused-ring (bicyclic) bond motifs is 1. The second kappa shape index (κ2) is 8.49. The predicted molar refractivity (Wildman–Crippen MR) is 105 cm³/mol. The summed E-state index contributed by atoms with van der Waals surface area (Å²) in [6, 6.07) is 14.9. The molecule has 0 atom stereocenters.